The Morgan fingerprint density at radius 2 is 1.50 bits per heavy atom. The van der Waals surface area contributed by atoms with Crippen LogP contribution in [-0.2, 0) is 15.0 Å². The standard InChI is InChI=1S/C22H26BrClN2O4/c1-13-8-16(9-14(2)21(13)24)29-11-19(27)25-26-20(28)12-30-18-7-6-15(10-17(18)23)22(3,4)5/h6-10H,11-12H2,1-5H3,(H,25,27)(H,26,28). The highest BCUT2D eigenvalue weighted by Crippen LogP contribution is 2.31. The van der Waals surface area contributed by atoms with Gasteiger partial charge in [-0.2, -0.15) is 0 Å². The van der Waals surface area contributed by atoms with E-state index < -0.39 is 11.8 Å². The van der Waals surface area contributed by atoms with E-state index in [0.717, 1.165) is 21.2 Å². The van der Waals surface area contributed by atoms with Crippen LogP contribution in [0.25, 0.3) is 0 Å². The number of nitrogens with one attached hydrogen (secondary N) is 2. The molecule has 0 aromatic heterocycles. The summed E-state index contributed by atoms with van der Waals surface area (Å²) in [5.74, 6) is 0.0849. The molecule has 0 atom stereocenters. The summed E-state index contributed by atoms with van der Waals surface area (Å²) in [6.45, 7) is 9.57. The van der Waals surface area contributed by atoms with Gasteiger partial charge in [0.1, 0.15) is 11.5 Å². The van der Waals surface area contributed by atoms with E-state index >= 15 is 0 Å². The Kier molecular flexibility index (Phi) is 8.15. The first-order valence-corrected chi connectivity index (χ1v) is 10.5. The SMILES string of the molecule is Cc1cc(OCC(=O)NNC(=O)COc2ccc(C(C)(C)C)cc2Br)cc(C)c1Cl. The van der Waals surface area contributed by atoms with Gasteiger partial charge in [0.2, 0.25) is 0 Å². The van der Waals surface area contributed by atoms with E-state index in [1.165, 1.54) is 0 Å². The van der Waals surface area contributed by atoms with Crippen LogP contribution in [0.2, 0.25) is 5.02 Å². The number of hydrogen-bond acceptors (Lipinski definition) is 4. The molecule has 0 radical (unpaired) electrons. The fraction of sp³-hybridized carbons (Fsp3) is 0.364. The highest BCUT2D eigenvalue weighted by Gasteiger charge is 2.16. The van der Waals surface area contributed by atoms with Crippen molar-refractivity contribution in [3.05, 3.63) is 56.5 Å². The Hall–Kier alpha value is -2.25. The van der Waals surface area contributed by atoms with Gasteiger partial charge >= 0.3 is 0 Å². The van der Waals surface area contributed by atoms with Gasteiger partial charge in [0.25, 0.3) is 11.8 Å². The van der Waals surface area contributed by atoms with Gasteiger partial charge in [0, 0.05) is 5.02 Å². The number of hydrogen-bond donors (Lipinski definition) is 2. The maximum atomic E-state index is 11.9. The Morgan fingerprint density at radius 1 is 0.967 bits per heavy atom. The number of carbonyl (C=O) groups excluding carboxylic acids is 2. The van der Waals surface area contributed by atoms with E-state index in [9.17, 15) is 9.59 Å². The first-order chi connectivity index (χ1) is 14.0. The average Bonchev–Trinajstić information content (AvgIpc) is 2.67. The normalized spacial score (nSPS) is 11.0. The van der Waals surface area contributed by atoms with Crippen molar-refractivity contribution in [3.8, 4) is 11.5 Å². The van der Waals surface area contributed by atoms with E-state index in [4.69, 9.17) is 21.1 Å². The average molecular weight is 498 g/mol. The van der Waals surface area contributed by atoms with Gasteiger partial charge in [-0.3, -0.25) is 20.4 Å². The zero-order valence-electron chi connectivity index (χ0n) is 17.7. The van der Waals surface area contributed by atoms with Crippen LogP contribution in [0.5, 0.6) is 11.5 Å². The van der Waals surface area contributed by atoms with Crippen LogP contribution in [0.1, 0.15) is 37.5 Å². The van der Waals surface area contributed by atoms with E-state index in [2.05, 4.69) is 47.6 Å². The summed E-state index contributed by atoms with van der Waals surface area (Å²) in [6.07, 6.45) is 0. The van der Waals surface area contributed by atoms with E-state index in [1.807, 2.05) is 26.0 Å². The lowest BCUT2D eigenvalue weighted by atomic mass is 9.87. The van der Waals surface area contributed by atoms with Crippen LogP contribution in [0.15, 0.2) is 34.8 Å². The number of amides is 2. The van der Waals surface area contributed by atoms with E-state index in [1.54, 1.807) is 18.2 Å². The molecule has 0 aliphatic carbocycles. The molecule has 6 nitrogen and oxygen atoms in total. The third-order valence-corrected chi connectivity index (χ3v) is 5.49. The molecule has 0 fully saturated rings. The first kappa shape index (κ1) is 24.0. The summed E-state index contributed by atoms with van der Waals surface area (Å²) < 4.78 is 11.7. The van der Waals surface area contributed by atoms with Crippen LogP contribution in [0.3, 0.4) is 0 Å². The molecule has 0 spiro atoms. The predicted octanol–water partition coefficient (Wildman–Crippen LogP) is 4.62. The number of rotatable bonds is 6. The van der Waals surface area contributed by atoms with Crippen molar-refractivity contribution in [3.63, 3.8) is 0 Å². The molecule has 0 unspecified atom stereocenters. The molecule has 2 aromatic carbocycles. The minimum atomic E-state index is -0.496. The summed E-state index contributed by atoms with van der Waals surface area (Å²) >= 11 is 9.57. The maximum absolute atomic E-state index is 11.9. The van der Waals surface area contributed by atoms with Gasteiger partial charge in [-0.1, -0.05) is 38.4 Å². The molecule has 2 aromatic rings. The smallest absolute Gasteiger partial charge is 0.276 e. The van der Waals surface area contributed by atoms with Crippen molar-refractivity contribution in [1.82, 2.24) is 10.9 Å². The largest absolute Gasteiger partial charge is 0.484 e. The second-order valence-corrected chi connectivity index (χ2v) is 9.17. The quantitative estimate of drug-likeness (QED) is 0.571. The second-order valence-electron chi connectivity index (χ2n) is 7.94. The number of benzene rings is 2. The van der Waals surface area contributed by atoms with Crippen LogP contribution in [-0.4, -0.2) is 25.0 Å². The molecule has 30 heavy (non-hydrogen) atoms. The molecule has 0 saturated heterocycles. The summed E-state index contributed by atoms with van der Waals surface area (Å²) in [4.78, 5) is 23.8. The zero-order chi connectivity index (χ0) is 22.5. The summed E-state index contributed by atoms with van der Waals surface area (Å²) in [5, 5.41) is 0.666. The molecule has 0 bridgehead atoms. The van der Waals surface area contributed by atoms with Crippen LogP contribution in [0.4, 0.5) is 0 Å². The van der Waals surface area contributed by atoms with Crippen LogP contribution >= 0.6 is 27.5 Å². The van der Waals surface area contributed by atoms with Crippen molar-refractivity contribution in [2.75, 3.05) is 13.2 Å². The highest BCUT2D eigenvalue weighted by molar-refractivity contribution is 9.10. The Balaban J connectivity index is 1.77. The fourth-order valence-corrected chi connectivity index (χ4v) is 3.18. The van der Waals surface area contributed by atoms with Crippen molar-refractivity contribution < 1.29 is 19.1 Å². The Labute approximate surface area is 190 Å². The topological polar surface area (TPSA) is 76.7 Å². The molecular formula is C22H26BrClN2O4. The zero-order valence-corrected chi connectivity index (χ0v) is 20.0. The van der Waals surface area contributed by atoms with Crippen molar-refractivity contribution >= 4 is 39.3 Å². The molecular weight excluding hydrogens is 472 g/mol. The number of halogens is 2. The number of carbonyl (C=O) groups is 2. The van der Waals surface area contributed by atoms with Gasteiger partial charge in [-0.15, -0.1) is 0 Å². The summed E-state index contributed by atoms with van der Waals surface area (Å²) in [6, 6.07) is 9.22. The second kappa shape index (κ2) is 10.2. The molecule has 0 aliphatic rings. The molecule has 2 amide bonds. The highest BCUT2D eigenvalue weighted by atomic mass is 79.9. The van der Waals surface area contributed by atoms with Crippen molar-refractivity contribution in [2.24, 2.45) is 0 Å². The molecule has 2 N–H and O–H groups in total. The molecule has 0 saturated carbocycles. The number of hydrazine groups is 1. The minimum Gasteiger partial charge on any atom is -0.484 e. The summed E-state index contributed by atoms with van der Waals surface area (Å²) in [7, 11) is 0. The molecule has 0 aliphatic heterocycles. The number of ether oxygens (including phenoxy) is 2. The molecule has 2 rings (SSSR count). The van der Waals surface area contributed by atoms with E-state index in [0.29, 0.717) is 16.5 Å². The van der Waals surface area contributed by atoms with Crippen LogP contribution < -0.4 is 20.3 Å². The van der Waals surface area contributed by atoms with Gasteiger partial charge < -0.3 is 9.47 Å². The maximum Gasteiger partial charge on any atom is 0.276 e. The monoisotopic (exact) mass is 496 g/mol. The third kappa shape index (κ3) is 6.92. The molecule has 8 heteroatoms. The molecule has 162 valence electrons. The number of aryl methyl sites for hydroxylation is 2. The van der Waals surface area contributed by atoms with Gasteiger partial charge in [-0.25, -0.2) is 0 Å². The van der Waals surface area contributed by atoms with Crippen molar-refractivity contribution in [1.29, 1.82) is 0 Å². The van der Waals surface area contributed by atoms with Gasteiger partial charge in [0.05, 0.1) is 4.47 Å². The minimum absolute atomic E-state index is 0.00812. The lowest BCUT2D eigenvalue weighted by Crippen LogP contribution is -2.45. The van der Waals surface area contributed by atoms with Crippen molar-refractivity contribution in [2.45, 2.75) is 40.0 Å². The lowest BCUT2D eigenvalue weighted by Gasteiger charge is -2.20. The van der Waals surface area contributed by atoms with Gasteiger partial charge in [0.15, 0.2) is 13.2 Å². The molecule has 0 heterocycles. The van der Waals surface area contributed by atoms with Gasteiger partial charge in [-0.05, 0) is 76.1 Å². The Bertz CT molecular complexity index is 918. The fourth-order valence-electron chi connectivity index (χ4n) is 2.58. The Morgan fingerprint density at radius 3 is 2.00 bits per heavy atom. The van der Waals surface area contributed by atoms with Crippen LogP contribution in [0, 0.1) is 13.8 Å². The lowest BCUT2D eigenvalue weighted by molar-refractivity contribution is -0.131. The van der Waals surface area contributed by atoms with E-state index in [-0.39, 0.29) is 18.6 Å². The summed E-state index contributed by atoms with van der Waals surface area (Å²) in [5.41, 5.74) is 7.46. The third-order valence-electron chi connectivity index (χ3n) is 4.28. The predicted molar refractivity (Wildman–Crippen MR) is 121 cm³/mol. The first-order valence-electron chi connectivity index (χ1n) is 9.37.